The largest absolute Gasteiger partial charge is 0.351 e. The molecule has 2 atom stereocenters. The van der Waals surface area contributed by atoms with Gasteiger partial charge in [0.2, 0.25) is 0 Å². The van der Waals surface area contributed by atoms with Crippen LogP contribution in [-0.2, 0) is 12.6 Å². The van der Waals surface area contributed by atoms with E-state index < -0.39 is 0 Å². The molecule has 0 saturated carbocycles. The molecule has 4 rings (SSSR count). The number of benzene rings is 1. The lowest BCUT2D eigenvalue weighted by Crippen LogP contribution is -2.30. The number of likely N-dealkylation sites (tertiary alicyclic amines) is 1. The number of hydrogen-bond acceptors (Lipinski definition) is 4. The SMILES string of the molecule is CN1C[C@@H](N)C[C@H]1c1nc(-c2cccc3c2ccn3C)nn1C(C)(C)C. The maximum Gasteiger partial charge on any atom is 0.182 e. The minimum absolute atomic E-state index is 0.140. The Morgan fingerprint density at radius 1 is 1.15 bits per heavy atom. The van der Waals surface area contributed by atoms with Gasteiger partial charge in [0, 0.05) is 42.3 Å². The Bertz CT molecular complexity index is 945. The lowest BCUT2D eigenvalue weighted by Gasteiger charge is -2.25. The van der Waals surface area contributed by atoms with E-state index in [1.54, 1.807) is 0 Å². The van der Waals surface area contributed by atoms with Gasteiger partial charge in [0.15, 0.2) is 5.82 Å². The molecular weight excluding hydrogens is 324 g/mol. The van der Waals surface area contributed by atoms with Gasteiger partial charge in [0.05, 0.1) is 11.6 Å². The molecule has 0 unspecified atom stereocenters. The third-order valence-electron chi connectivity index (χ3n) is 5.32. The maximum absolute atomic E-state index is 6.21. The van der Waals surface area contributed by atoms with Crippen LogP contribution >= 0.6 is 0 Å². The van der Waals surface area contributed by atoms with Crippen LogP contribution in [0.15, 0.2) is 30.5 Å². The predicted octanol–water partition coefficient (Wildman–Crippen LogP) is 2.90. The molecule has 2 aromatic heterocycles. The topological polar surface area (TPSA) is 64.9 Å². The summed E-state index contributed by atoms with van der Waals surface area (Å²) in [7, 11) is 4.18. The molecule has 0 amide bonds. The fourth-order valence-electron chi connectivity index (χ4n) is 3.99. The van der Waals surface area contributed by atoms with Gasteiger partial charge in [-0.1, -0.05) is 12.1 Å². The van der Waals surface area contributed by atoms with E-state index in [0.717, 1.165) is 30.2 Å². The average Bonchev–Trinajstić information content (AvgIpc) is 3.24. The molecule has 26 heavy (non-hydrogen) atoms. The minimum atomic E-state index is -0.140. The molecule has 6 heteroatoms. The van der Waals surface area contributed by atoms with Crippen LogP contribution in [0.1, 0.15) is 39.1 Å². The van der Waals surface area contributed by atoms with E-state index in [-0.39, 0.29) is 17.6 Å². The molecule has 0 spiro atoms. The van der Waals surface area contributed by atoms with Gasteiger partial charge < -0.3 is 10.3 Å². The van der Waals surface area contributed by atoms with Crippen molar-refractivity contribution in [2.45, 2.75) is 44.8 Å². The highest BCUT2D eigenvalue weighted by molar-refractivity contribution is 5.93. The van der Waals surface area contributed by atoms with Crippen molar-refractivity contribution in [3.63, 3.8) is 0 Å². The van der Waals surface area contributed by atoms with Gasteiger partial charge in [0.25, 0.3) is 0 Å². The first-order valence-corrected chi connectivity index (χ1v) is 9.23. The lowest BCUT2D eigenvalue weighted by atomic mass is 10.1. The van der Waals surface area contributed by atoms with Gasteiger partial charge in [-0.25, -0.2) is 9.67 Å². The highest BCUT2D eigenvalue weighted by Gasteiger charge is 2.35. The Morgan fingerprint density at radius 2 is 1.92 bits per heavy atom. The van der Waals surface area contributed by atoms with Crippen LogP contribution in [0, 0.1) is 0 Å². The van der Waals surface area contributed by atoms with E-state index >= 15 is 0 Å². The summed E-state index contributed by atoms with van der Waals surface area (Å²) in [4.78, 5) is 7.31. The maximum atomic E-state index is 6.21. The summed E-state index contributed by atoms with van der Waals surface area (Å²) in [5, 5.41) is 6.13. The predicted molar refractivity (Wildman–Crippen MR) is 105 cm³/mol. The van der Waals surface area contributed by atoms with Crippen molar-refractivity contribution in [1.82, 2.24) is 24.2 Å². The third-order valence-corrected chi connectivity index (χ3v) is 5.32. The fraction of sp³-hybridized carbons (Fsp3) is 0.500. The van der Waals surface area contributed by atoms with Crippen LogP contribution in [0.2, 0.25) is 0 Å². The molecule has 6 nitrogen and oxygen atoms in total. The van der Waals surface area contributed by atoms with Gasteiger partial charge in [-0.15, -0.1) is 0 Å². The van der Waals surface area contributed by atoms with Crippen LogP contribution in [0.4, 0.5) is 0 Å². The van der Waals surface area contributed by atoms with Crippen molar-refractivity contribution in [3.05, 3.63) is 36.3 Å². The average molecular weight is 352 g/mol. The molecule has 1 aromatic carbocycles. The Morgan fingerprint density at radius 3 is 2.58 bits per heavy atom. The zero-order chi connectivity index (χ0) is 18.6. The second-order valence-corrected chi connectivity index (χ2v) is 8.49. The smallest absolute Gasteiger partial charge is 0.182 e. The number of aryl methyl sites for hydroxylation is 1. The molecule has 0 bridgehead atoms. The van der Waals surface area contributed by atoms with E-state index in [1.807, 2.05) is 0 Å². The van der Waals surface area contributed by atoms with Crippen LogP contribution in [0.5, 0.6) is 0 Å². The summed E-state index contributed by atoms with van der Waals surface area (Å²) in [5.74, 6) is 1.80. The van der Waals surface area contributed by atoms with Gasteiger partial charge in [0.1, 0.15) is 5.82 Å². The number of nitrogens with zero attached hydrogens (tertiary/aromatic N) is 5. The highest BCUT2D eigenvalue weighted by Crippen LogP contribution is 2.34. The second-order valence-electron chi connectivity index (χ2n) is 8.49. The van der Waals surface area contributed by atoms with Gasteiger partial charge in [-0.05, 0) is 46.4 Å². The lowest BCUT2D eigenvalue weighted by molar-refractivity contribution is 0.263. The Balaban J connectivity index is 1.88. The summed E-state index contributed by atoms with van der Waals surface area (Å²) in [6, 6.07) is 8.85. The van der Waals surface area contributed by atoms with E-state index in [2.05, 4.69) is 79.5 Å². The molecule has 1 aliphatic heterocycles. The first-order chi connectivity index (χ1) is 12.3. The molecule has 3 heterocycles. The standard InChI is InChI=1S/C20H28N6/c1-20(2,3)26-19(17-11-13(21)12-25(17)5)22-18(23-26)15-7-6-8-16-14(15)9-10-24(16)4/h6-10,13,17H,11-12,21H2,1-5H3/t13-,17-/m0/s1. The van der Waals surface area contributed by atoms with Gasteiger partial charge >= 0.3 is 0 Å². The molecule has 1 aliphatic rings. The first-order valence-electron chi connectivity index (χ1n) is 9.23. The number of rotatable bonds is 2. The first kappa shape index (κ1) is 17.2. The van der Waals surface area contributed by atoms with Gasteiger partial charge in [-0.2, -0.15) is 5.10 Å². The third kappa shape index (κ3) is 2.73. The molecule has 0 radical (unpaired) electrons. The van der Waals surface area contributed by atoms with Crippen molar-refractivity contribution in [2.75, 3.05) is 13.6 Å². The Labute approximate surface area is 154 Å². The van der Waals surface area contributed by atoms with Crippen LogP contribution in [0.3, 0.4) is 0 Å². The summed E-state index contributed by atoms with van der Waals surface area (Å²) in [5.41, 5.74) is 8.34. The molecule has 1 fully saturated rings. The Hall–Kier alpha value is -2.18. The van der Waals surface area contributed by atoms with E-state index in [4.69, 9.17) is 15.8 Å². The molecule has 2 N–H and O–H groups in total. The second kappa shape index (κ2) is 5.93. The number of nitrogens with two attached hydrogens (primary N) is 1. The van der Waals surface area contributed by atoms with E-state index in [1.165, 1.54) is 10.9 Å². The van der Waals surface area contributed by atoms with Crippen molar-refractivity contribution in [3.8, 4) is 11.4 Å². The molecule has 1 saturated heterocycles. The molecule has 0 aliphatic carbocycles. The zero-order valence-electron chi connectivity index (χ0n) is 16.3. The van der Waals surface area contributed by atoms with E-state index in [9.17, 15) is 0 Å². The van der Waals surface area contributed by atoms with E-state index in [0.29, 0.717) is 0 Å². The number of likely N-dealkylation sites (N-methyl/N-ethyl adjacent to an activating group) is 1. The molecular formula is C20H28N6. The summed E-state index contributed by atoms with van der Waals surface area (Å²) in [6.45, 7) is 7.41. The number of aromatic nitrogens is 4. The normalized spacial score (nSPS) is 21.8. The fourth-order valence-corrected chi connectivity index (χ4v) is 3.99. The zero-order valence-corrected chi connectivity index (χ0v) is 16.3. The van der Waals surface area contributed by atoms with Crippen molar-refractivity contribution >= 4 is 10.9 Å². The Kier molecular flexibility index (Phi) is 3.93. The monoisotopic (exact) mass is 352 g/mol. The summed E-state index contributed by atoms with van der Waals surface area (Å²) >= 11 is 0. The van der Waals surface area contributed by atoms with Crippen LogP contribution in [0.25, 0.3) is 22.3 Å². The van der Waals surface area contributed by atoms with Crippen molar-refractivity contribution < 1.29 is 0 Å². The van der Waals surface area contributed by atoms with Gasteiger partial charge in [-0.3, -0.25) is 4.90 Å². The minimum Gasteiger partial charge on any atom is -0.351 e. The number of hydrogen-bond donors (Lipinski definition) is 1. The van der Waals surface area contributed by atoms with Crippen molar-refractivity contribution in [1.29, 1.82) is 0 Å². The van der Waals surface area contributed by atoms with Crippen LogP contribution in [-0.4, -0.2) is 43.9 Å². The summed E-state index contributed by atoms with van der Waals surface area (Å²) < 4.78 is 4.22. The molecule has 138 valence electrons. The van der Waals surface area contributed by atoms with Crippen LogP contribution < -0.4 is 5.73 Å². The molecule has 3 aromatic rings. The number of fused-ring (bicyclic) bond motifs is 1. The summed E-state index contributed by atoms with van der Waals surface area (Å²) in [6.07, 6.45) is 3.00. The quantitative estimate of drug-likeness (QED) is 0.770. The highest BCUT2D eigenvalue weighted by atomic mass is 15.4. The van der Waals surface area contributed by atoms with Crippen molar-refractivity contribution in [2.24, 2.45) is 12.8 Å².